The van der Waals surface area contributed by atoms with Gasteiger partial charge in [-0.15, -0.1) is 0 Å². The largest absolute Gasteiger partial charge is 0.492 e. The van der Waals surface area contributed by atoms with Gasteiger partial charge in [-0.25, -0.2) is 0 Å². The minimum Gasteiger partial charge on any atom is -0.492 e. The number of rotatable bonds is 8. The van der Waals surface area contributed by atoms with Crippen LogP contribution >= 0.6 is 0 Å². The molecule has 5 heteroatoms. The second-order valence-corrected chi connectivity index (χ2v) is 5.85. The average Bonchev–Trinajstić information content (AvgIpc) is 2.63. The minimum atomic E-state index is -0.168. The van der Waals surface area contributed by atoms with Crippen molar-refractivity contribution >= 4 is 11.8 Å². The van der Waals surface area contributed by atoms with Gasteiger partial charge in [-0.05, 0) is 31.2 Å². The van der Waals surface area contributed by atoms with Crippen molar-refractivity contribution in [3.05, 3.63) is 65.7 Å². The summed E-state index contributed by atoms with van der Waals surface area (Å²) in [4.78, 5) is 25.6. The van der Waals surface area contributed by atoms with Crippen molar-refractivity contribution in [2.24, 2.45) is 0 Å². The summed E-state index contributed by atoms with van der Waals surface area (Å²) in [5.74, 6) is 0.598. The summed E-state index contributed by atoms with van der Waals surface area (Å²) in [6, 6.07) is 16.8. The third-order valence-corrected chi connectivity index (χ3v) is 3.80. The summed E-state index contributed by atoms with van der Waals surface area (Å²) < 4.78 is 5.62. The lowest BCUT2D eigenvalue weighted by Crippen LogP contribution is -2.34. The van der Waals surface area contributed by atoms with Gasteiger partial charge in [0.25, 0.3) is 5.91 Å². The molecule has 0 saturated carbocycles. The Morgan fingerprint density at radius 1 is 1.04 bits per heavy atom. The lowest BCUT2D eigenvalue weighted by Gasteiger charge is -2.17. The monoisotopic (exact) mass is 340 g/mol. The van der Waals surface area contributed by atoms with E-state index < -0.39 is 0 Å². The highest BCUT2D eigenvalue weighted by Crippen LogP contribution is 2.11. The average molecular weight is 340 g/mol. The molecule has 0 radical (unpaired) electrons. The molecule has 0 aliphatic heterocycles. The van der Waals surface area contributed by atoms with E-state index in [1.807, 2.05) is 49.4 Å². The molecular formula is C20H24N2O3. The maximum absolute atomic E-state index is 12.1. The lowest BCUT2D eigenvalue weighted by molar-refractivity contribution is -0.130. The number of hydrogen-bond donors (Lipinski definition) is 1. The molecule has 0 aromatic heterocycles. The highest BCUT2D eigenvalue weighted by atomic mass is 16.5. The molecule has 0 saturated heterocycles. The maximum Gasteiger partial charge on any atom is 0.251 e. The number of likely N-dealkylation sites (N-methyl/N-ethyl adjacent to an activating group) is 1. The number of carbonyl (C=O) groups is 2. The molecule has 2 amide bonds. The first-order chi connectivity index (χ1) is 12.1. The van der Waals surface area contributed by atoms with E-state index in [9.17, 15) is 9.59 Å². The van der Waals surface area contributed by atoms with Gasteiger partial charge in [-0.3, -0.25) is 9.59 Å². The van der Waals surface area contributed by atoms with Crippen LogP contribution in [0.15, 0.2) is 54.6 Å². The zero-order valence-corrected chi connectivity index (χ0v) is 14.7. The molecule has 0 heterocycles. The number of nitrogens with one attached hydrogen (secondary N) is 1. The molecule has 0 bridgehead atoms. The molecule has 5 nitrogen and oxygen atoms in total. The van der Waals surface area contributed by atoms with E-state index in [0.717, 1.165) is 5.75 Å². The van der Waals surface area contributed by atoms with Crippen molar-refractivity contribution in [1.82, 2.24) is 10.2 Å². The first-order valence-electron chi connectivity index (χ1n) is 8.33. The summed E-state index contributed by atoms with van der Waals surface area (Å²) in [5, 5.41) is 2.75. The maximum atomic E-state index is 12.1. The standard InChI is InChI=1S/C20H24N2O3/c1-16-8-10-18(11-9-16)25-15-14-22(2)19(23)12-13-21-20(24)17-6-4-3-5-7-17/h3-11H,12-15H2,1-2H3,(H,21,24). The Labute approximate surface area is 148 Å². The van der Waals surface area contributed by atoms with Gasteiger partial charge in [0.05, 0.1) is 6.54 Å². The smallest absolute Gasteiger partial charge is 0.251 e. The van der Waals surface area contributed by atoms with Crippen LogP contribution in [0.3, 0.4) is 0 Å². The Morgan fingerprint density at radius 3 is 2.40 bits per heavy atom. The molecule has 0 spiro atoms. The molecule has 1 N–H and O–H groups in total. The van der Waals surface area contributed by atoms with Crippen molar-refractivity contribution in [3.8, 4) is 5.75 Å². The first kappa shape index (κ1) is 18.5. The van der Waals surface area contributed by atoms with Crippen molar-refractivity contribution in [2.45, 2.75) is 13.3 Å². The molecule has 25 heavy (non-hydrogen) atoms. The molecule has 0 aliphatic carbocycles. The van der Waals surface area contributed by atoms with Crippen LogP contribution in [0.4, 0.5) is 0 Å². The Balaban J connectivity index is 1.64. The topological polar surface area (TPSA) is 58.6 Å². The van der Waals surface area contributed by atoms with Gasteiger partial charge in [0.15, 0.2) is 0 Å². The Bertz CT molecular complexity index is 684. The van der Waals surface area contributed by atoms with E-state index in [4.69, 9.17) is 4.74 Å². The van der Waals surface area contributed by atoms with E-state index in [-0.39, 0.29) is 18.2 Å². The number of benzene rings is 2. The summed E-state index contributed by atoms with van der Waals surface area (Å²) in [6.45, 7) is 3.27. The number of nitrogens with zero attached hydrogens (tertiary/aromatic N) is 1. The zero-order chi connectivity index (χ0) is 18.1. The van der Waals surface area contributed by atoms with Crippen molar-refractivity contribution in [3.63, 3.8) is 0 Å². The van der Waals surface area contributed by atoms with Gasteiger partial charge in [0.2, 0.25) is 5.91 Å². The third-order valence-electron chi connectivity index (χ3n) is 3.80. The van der Waals surface area contributed by atoms with Crippen LogP contribution in [-0.4, -0.2) is 43.5 Å². The number of hydrogen-bond acceptors (Lipinski definition) is 3. The van der Waals surface area contributed by atoms with Gasteiger partial charge in [0, 0.05) is 25.6 Å². The first-order valence-corrected chi connectivity index (χ1v) is 8.33. The predicted molar refractivity (Wildman–Crippen MR) is 97.7 cm³/mol. The SMILES string of the molecule is Cc1ccc(OCCN(C)C(=O)CCNC(=O)c2ccccc2)cc1. The van der Waals surface area contributed by atoms with Gasteiger partial charge in [-0.1, -0.05) is 35.9 Å². The van der Waals surface area contributed by atoms with Crippen LogP contribution < -0.4 is 10.1 Å². The summed E-state index contributed by atoms with van der Waals surface area (Å²) in [7, 11) is 1.74. The van der Waals surface area contributed by atoms with Crippen molar-refractivity contribution in [1.29, 1.82) is 0 Å². The van der Waals surface area contributed by atoms with Gasteiger partial charge < -0.3 is 15.0 Å². The molecule has 0 unspecified atom stereocenters. The lowest BCUT2D eigenvalue weighted by atomic mass is 10.2. The zero-order valence-electron chi connectivity index (χ0n) is 14.7. The molecule has 132 valence electrons. The van der Waals surface area contributed by atoms with Gasteiger partial charge >= 0.3 is 0 Å². The Hall–Kier alpha value is -2.82. The summed E-state index contributed by atoms with van der Waals surface area (Å²) in [5.41, 5.74) is 1.77. The van der Waals surface area contributed by atoms with Crippen molar-refractivity contribution < 1.29 is 14.3 Å². The van der Waals surface area contributed by atoms with Crippen LogP contribution in [0.5, 0.6) is 5.75 Å². The van der Waals surface area contributed by atoms with Gasteiger partial charge in [-0.2, -0.15) is 0 Å². The number of aryl methyl sites for hydroxylation is 1. The van der Waals surface area contributed by atoms with E-state index in [1.54, 1.807) is 24.1 Å². The molecule has 0 fully saturated rings. The molecule has 2 aromatic rings. The highest BCUT2D eigenvalue weighted by Gasteiger charge is 2.10. The van der Waals surface area contributed by atoms with Crippen LogP contribution in [0.1, 0.15) is 22.3 Å². The number of carbonyl (C=O) groups excluding carboxylic acids is 2. The van der Waals surface area contributed by atoms with E-state index in [0.29, 0.717) is 25.3 Å². The van der Waals surface area contributed by atoms with Crippen LogP contribution in [0, 0.1) is 6.92 Å². The third kappa shape index (κ3) is 6.30. The second kappa shape index (κ2) is 9.47. The fourth-order valence-electron chi connectivity index (χ4n) is 2.23. The molecule has 0 atom stereocenters. The van der Waals surface area contributed by atoms with Crippen molar-refractivity contribution in [2.75, 3.05) is 26.7 Å². The van der Waals surface area contributed by atoms with E-state index in [1.165, 1.54) is 5.56 Å². The van der Waals surface area contributed by atoms with Crippen LogP contribution in [-0.2, 0) is 4.79 Å². The predicted octanol–water partition coefficient (Wildman–Crippen LogP) is 2.65. The van der Waals surface area contributed by atoms with Crippen LogP contribution in [0.2, 0.25) is 0 Å². The van der Waals surface area contributed by atoms with E-state index >= 15 is 0 Å². The molecular weight excluding hydrogens is 316 g/mol. The fourth-order valence-corrected chi connectivity index (χ4v) is 2.23. The summed E-state index contributed by atoms with van der Waals surface area (Å²) >= 11 is 0. The Kier molecular flexibility index (Phi) is 7.01. The highest BCUT2D eigenvalue weighted by molar-refractivity contribution is 5.94. The van der Waals surface area contributed by atoms with Crippen LogP contribution in [0.25, 0.3) is 0 Å². The Morgan fingerprint density at radius 2 is 1.72 bits per heavy atom. The normalized spacial score (nSPS) is 10.2. The quantitative estimate of drug-likeness (QED) is 0.804. The number of amides is 2. The second-order valence-electron chi connectivity index (χ2n) is 5.85. The molecule has 0 aliphatic rings. The number of ether oxygens (including phenoxy) is 1. The molecule has 2 rings (SSSR count). The van der Waals surface area contributed by atoms with Gasteiger partial charge in [0.1, 0.15) is 12.4 Å². The van der Waals surface area contributed by atoms with E-state index in [2.05, 4.69) is 5.32 Å². The summed E-state index contributed by atoms with van der Waals surface area (Å²) in [6.07, 6.45) is 0.263. The fraction of sp³-hybridized carbons (Fsp3) is 0.300. The minimum absolute atomic E-state index is 0.0270. The molecule has 2 aromatic carbocycles.